The molecule has 3 rings (SSSR count). The summed E-state index contributed by atoms with van der Waals surface area (Å²) in [6.07, 6.45) is 4.52. The van der Waals surface area contributed by atoms with Crippen LogP contribution in [0.5, 0.6) is 0 Å². The molecule has 1 N–H and O–H groups in total. The first-order chi connectivity index (χ1) is 12.3. The summed E-state index contributed by atoms with van der Waals surface area (Å²) in [5.41, 5.74) is 1.01. The minimum Gasteiger partial charge on any atom is -0.379 e. The monoisotopic (exact) mass is 340 g/mol. The third-order valence-electron chi connectivity index (χ3n) is 4.45. The lowest BCUT2D eigenvalue weighted by Gasteiger charge is -2.22. The Balaban J connectivity index is 1.61. The van der Waals surface area contributed by atoms with Crippen LogP contribution in [0.1, 0.15) is 25.5 Å². The molecule has 134 valence electrons. The van der Waals surface area contributed by atoms with Gasteiger partial charge in [-0.1, -0.05) is 24.3 Å². The molecule has 2 aromatic rings. The summed E-state index contributed by atoms with van der Waals surface area (Å²) in [5.74, 6) is 1.71. The first kappa shape index (κ1) is 17.7. The van der Waals surface area contributed by atoms with Gasteiger partial charge in [0, 0.05) is 38.3 Å². The van der Waals surface area contributed by atoms with E-state index in [2.05, 4.69) is 47.4 Å². The number of likely N-dealkylation sites (N-methyl/N-ethyl adjacent to an activating group) is 1. The Morgan fingerprint density at radius 3 is 2.96 bits per heavy atom. The van der Waals surface area contributed by atoms with Crippen molar-refractivity contribution in [3.8, 4) is 0 Å². The van der Waals surface area contributed by atoms with E-state index in [1.54, 1.807) is 0 Å². The van der Waals surface area contributed by atoms with Crippen molar-refractivity contribution >= 4 is 16.7 Å². The van der Waals surface area contributed by atoms with Gasteiger partial charge in [-0.3, -0.25) is 4.98 Å². The zero-order chi connectivity index (χ0) is 17.5. The van der Waals surface area contributed by atoms with Crippen molar-refractivity contribution < 1.29 is 4.74 Å². The van der Waals surface area contributed by atoms with Crippen molar-refractivity contribution in [2.24, 2.45) is 10.9 Å². The average molecular weight is 340 g/mol. The third kappa shape index (κ3) is 5.16. The second-order valence-electron chi connectivity index (χ2n) is 6.59. The summed E-state index contributed by atoms with van der Waals surface area (Å²) < 4.78 is 5.74. The number of rotatable bonds is 8. The summed E-state index contributed by atoms with van der Waals surface area (Å²) in [6.45, 7) is 5.97. The van der Waals surface area contributed by atoms with E-state index in [9.17, 15) is 0 Å². The van der Waals surface area contributed by atoms with Gasteiger partial charge in [0.05, 0.1) is 18.8 Å². The standard InChI is InChI=1S/C20H28N4O/c1-3-21-20(24(2)12-13-25-15-16-8-9-16)23-14-19-18-7-5-4-6-17(18)10-11-22-19/h4-7,10-11,16H,3,8-9,12-15H2,1-2H3,(H,21,23). The highest BCUT2D eigenvalue weighted by atomic mass is 16.5. The van der Waals surface area contributed by atoms with Crippen LogP contribution in [0.4, 0.5) is 0 Å². The summed E-state index contributed by atoms with van der Waals surface area (Å²) in [7, 11) is 2.05. The second-order valence-corrected chi connectivity index (χ2v) is 6.59. The van der Waals surface area contributed by atoms with Gasteiger partial charge in [0.15, 0.2) is 5.96 Å². The van der Waals surface area contributed by atoms with Crippen LogP contribution in [0.3, 0.4) is 0 Å². The molecule has 0 atom stereocenters. The largest absolute Gasteiger partial charge is 0.379 e. The van der Waals surface area contributed by atoms with Gasteiger partial charge in [-0.2, -0.15) is 0 Å². The quantitative estimate of drug-likeness (QED) is 0.456. The molecule has 0 radical (unpaired) electrons. The molecule has 0 unspecified atom stereocenters. The number of nitrogens with zero attached hydrogens (tertiary/aromatic N) is 3. The molecule has 1 aromatic heterocycles. The molecule has 1 fully saturated rings. The normalized spacial score (nSPS) is 14.7. The summed E-state index contributed by atoms with van der Waals surface area (Å²) in [5, 5.41) is 5.73. The van der Waals surface area contributed by atoms with Crippen molar-refractivity contribution in [1.82, 2.24) is 15.2 Å². The predicted octanol–water partition coefficient (Wildman–Crippen LogP) is 3.06. The lowest BCUT2D eigenvalue weighted by atomic mass is 10.1. The number of guanidine groups is 1. The lowest BCUT2D eigenvalue weighted by Crippen LogP contribution is -2.40. The Morgan fingerprint density at radius 1 is 1.32 bits per heavy atom. The smallest absolute Gasteiger partial charge is 0.194 e. The van der Waals surface area contributed by atoms with Gasteiger partial charge in [0.25, 0.3) is 0 Å². The molecule has 1 heterocycles. The van der Waals surface area contributed by atoms with E-state index >= 15 is 0 Å². The third-order valence-corrected chi connectivity index (χ3v) is 4.45. The highest BCUT2D eigenvalue weighted by Gasteiger charge is 2.21. The maximum atomic E-state index is 5.74. The molecule has 1 aromatic carbocycles. The second kappa shape index (κ2) is 8.81. The average Bonchev–Trinajstić information content (AvgIpc) is 3.46. The molecule has 1 aliphatic carbocycles. The summed E-state index contributed by atoms with van der Waals surface area (Å²) in [4.78, 5) is 11.4. The molecular weight excluding hydrogens is 312 g/mol. The summed E-state index contributed by atoms with van der Waals surface area (Å²) in [6, 6.07) is 10.4. The van der Waals surface area contributed by atoms with E-state index in [4.69, 9.17) is 9.73 Å². The van der Waals surface area contributed by atoms with Crippen molar-refractivity contribution in [2.75, 3.05) is 33.4 Å². The van der Waals surface area contributed by atoms with Crippen LogP contribution in [0.15, 0.2) is 41.5 Å². The Labute approximate surface area is 150 Å². The van der Waals surface area contributed by atoms with Crippen LogP contribution in [-0.2, 0) is 11.3 Å². The molecular formula is C20H28N4O. The van der Waals surface area contributed by atoms with Gasteiger partial charge in [0.2, 0.25) is 0 Å². The van der Waals surface area contributed by atoms with Crippen LogP contribution in [0.25, 0.3) is 10.8 Å². The maximum Gasteiger partial charge on any atom is 0.194 e. The number of aliphatic imine (C=N–C) groups is 1. The van der Waals surface area contributed by atoms with Gasteiger partial charge in [-0.05, 0) is 37.1 Å². The Hall–Kier alpha value is -2.14. The van der Waals surface area contributed by atoms with E-state index in [1.807, 2.05) is 18.3 Å². The van der Waals surface area contributed by atoms with Crippen LogP contribution in [0.2, 0.25) is 0 Å². The van der Waals surface area contributed by atoms with Crippen molar-refractivity contribution in [3.05, 3.63) is 42.2 Å². The van der Waals surface area contributed by atoms with Crippen LogP contribution in [-0.4, -0.2) is 49.2 Å². The highest BCUT2D eigenvalue weighted by molar-refractivity contribution is 5.85. The van der Waals surface area contributed by atoms with Crippen LogP contribution >= 0.6 is 0 Å². The molecule has 5 heteroatoms. The van der Waals surface area contributed by atoms with E-state index in [0.29, 0.717) is 6.54 Å². The van der Waals surface area contributed by atoms with Crippen molar-refractivity contribution in [2.45, 2.75) is 26.3 Å². The number of aromatic nitrogens is 1. The molecule has 0 bridgehead atoms. The van der Waals surface area contributed by atoms with E-state index < -0.39 is 0 Å². The SMILES string of the molecule is CCNC(=NCc1nccc2ccccc12)N(C)CCOCC1CC1. The van der Waals surface area contributed by atoms with Crippen LogP contribution < -0.4 is 5.32 Å². The van der Waals surface area contributed by atoms with Crippen LogP contribution in [0, 0.1) is 5.92 Å². The zero-order valence-electron chi connectivity index (χ0n) is 15.2. The molecule has 1 aliphatic rings. The number of hydrogen-bond donors (Lipinski definition) is 1. The molecule has 1 saturated carbocycles. The zero-order valence-corrected chi connectivity index (χ0v) is 15.2. The fraction of sp³-hybridized carbons (Fsp3) is 0.500. The van der Waals surface area contributed by atoms with Gasteiger partial charge in [-0.15, -0.1) is 0 Å². The molecule has 0 saturated heterocycles. The summed E-state index contributed by atoms with van der Waals surface area (Å²) >= 11 is 0. The van der Waals surface area contributed by atoms with E-state index in [1.165, 1.54) is 23.6 Å². The minimum absolute atomic E-state index is 0.566. The number of pyridine rings is 1. The predicted molar refractivity (Wildman–Crippen MR) is 103 cm³/mol. The number of fused-ring (bicyclic) bond motifs is 1. The fourth-order valence-corrected chi connectivity index (χ4v) is 2.77. The Morgan fingerprint density at radius 2 is 2.16 bits per heavy atom. The number of benzene rings is 1. The molecule has 5 nitrogen and oxygen atoms in total. The Kier molecular flexibility index (Phi) is 6.23. The molecule has 0 spiro atoms. The Bertz CT molecular complexity index is 706. The lowest BCUT2D eigenvalue weighted by molar-refractivity contribution is 0.115. The first-order valence-corrected chi connectivity index (χ1v) is 9.17. The number of hydrogen-bond acceptors (Lipinski definition) is 3. The first-order valence-electron chi connectivity index (χ1n) is 9.17. The number of nitrogens with one attached hydrogen (secondary N) is 1. The van der Waals surface area contributed by atoms with Crippen molar-refractivity contribution in [1.29, 1.82) is 0 Å². The topological polar surface area (TPSA) is 49.8 Å². The van der Waals surface area contributed by atoms with Gasteiger partial charge >= 0.3 is 0 Å². The van der Waals surface area contributed by atoms with E-state index in [0.717, 1.165) is 43.9 Å². The number of ether oxygens (including phenoxy) is 1. The highest BCUT2D eigenvalue weighted by Crippen LogP contribution is 2.28. The molecule has 0 aliphatic heterocycles. The molecule has 25 heavy (non-hydrogen) atoms. The van der Waals surface area contributed by atoms with Gasteiger partial charge in [-0.25, -0.2) is 4.99 Å². The van der Waals surface area contributed by atoms with Crippen molar-refractivity contribution in [3.63, 3.8) is 0 Å². The van der Waals surface area contributed by atoms with E-state index in [-0.39, 0.29) is 0 Å². The van der Waals surface area contributed by atoms with Gasteiger partial charge in [0.1, 0.15) is 0 Å². The maximum absolute atomic E-state index is 5.74. The molecule has 0 amide bonds. The fourth-order valence-electron chi connectivity index (χ4n) is 2.77. The van der Waals surface area contributed by atoms with Gasteiger partial charge < -0.3 is 15.0 Å². The minimum atomic E-state index is 0.566.